The van der Waals surface area contributed by atoms with Crippen molar-refractivity contribution in [1.29, 1.82) is 0 Å². The van der Waals surface area contributed by atoms with Crippen LogP contribution in [0.1, 0.15) is 33.6 Å². The molecule has 1 heterocycles. The van der Waals surface area contributed by atoms with Crippen LogP contribution in [-0.2, 0) is 9.53 Å². The van der Waals surface area contributed by atoms with Crippen LogP contribution in [0.2, 0.25) is 5.02 Å². The summed E-state index contributed by atoms with van der Waals surface area (Å²) >= 11 is 5.98. The van der Waals surface area contributed by atoms with Gasteiger partial charge in [0.25, 0.3) is 0 Å². The van der Waals surface area contributed by atoms with Gasteiger partial charge in [0.05, 0.1) is 0 Å². The van der Waals surface area contributed by atoms with Gasteiger partial charge in [0, 0.05) is 22.8 Å². The highest BCUT2D eigenvalue weighted by atomic mass is 35.5. The lowest BCUT2D eigenvalue weighted by atomic mass is 10.0. The average Bonchev–Trinajstić information content (AvgIpc) is 3.12. The van der Waals surface area contributed by atoms with Crippen LogP contribution >= 0.6 is 11.6 Å². The summed E-state index contributed by atoms with van der Waals surface area (Å²) in [5.41, 5.74) is 1.96. The second kappa shape index (κ2) is 8.23. The number of nitrogens with one attached hydrogen (secondary N) is 1. The van der Waals surface area contributed by atoms with E-state index in [0.717, 1.165) is 17.5 Å². The van der Waals surface area contributed by atoms with Crippen LogP contribution in [0.4, 0.5) is 10.5 Å². The number of carbonyl (C=O) groups excluding carboxylic acids is 2. The molecule has 1 aliphatic rings. The fourth-order valence-corrected chi connectivity index (χ4v) is 3.39. The molecule has 5 nitrogen and oxygen atoms in total. The molecule has 0 aliphatic carbocycles. The average molecular weight is 401 g/mol. The number of anilines is 1. The Hall–Kier alpha value is -2.53. The Morgan fingerprint density at radius 2 is 1.79 bits per heavy atom. The zero-order valence-electron chi connectivity index (χ0n) is 16.4. The maximum absolute atomic E-state index is 13.0. The van der Waals surface area contributed by atoms with Gasteiger partial charge in [-0.15, -0.1) is 0 Å². The second-order valence-corrected chi connectivity index (χ2v) is 8.31. The Kier molecular flexibility index (Phi) is 5.94. The van der Waals surface area contributed by atoms with E-state index in [1.807, 2.05) is 69.3 Å². The van der Waals surface area contributed by atoms with Crippen molar-refractivity contribution in [2.45, 2.75) is 45.3 Å². The Morgan fingerprint density at radius 1 is 1.11 bits per heavy atom. The first-order valence-electron chi connectivity index (χ1n) is 9.40. The minimum absolute atomic E-state index is 0.204. The lowest BCUT2D eigenvalue weighted by Gasteiger charge is -2.28. The van der Waals surface area contributed by atoms with Crippen LogP contribution in [0.5, 0.6) is 0 Å². The lowest BCUT2D eigenvalue weighted by Crippen LogP contribution is -2.45. The van der Waals surface area contributed by atoms with Gasteiger partial charge >= 0.3 is 6.09 Å². The van der Waals surface area contributed by atoms with E-state index < -0.39 is 17.7 Å². The SMILES string of the molecule is CC(C)(C)OC(=O)N1CCC[C@H]1C(=O)Nc1ccccc1-c1ccc(Cl)cc1. The molecule has 2 amide bonds. The minimum Gasteiger partial charge on any atom is -0.444 e. The van der Waals surface area contributed by atoms with Crippen LogP contribution in [0, 0.1) is 0 Å². The molecule has 0 radical (unpaired) electrons. The summed E-state index contributed by atoms with van der Waals surface area (Å²) in [7, 11) is 0. The zero-order chi connectivity index (χ0) is 20.3. The first-order chi connectivity index (χ1) is 13.2. The first kappa shape index (κ1) is 20.2. The van der Waals surface area contributed by atoms with E-state index in [1.165, 1.54) is 4.90 Å². The van der Waals surface area contributed by atoms with Gasteiger partial charge < -0.3 is 10.1 Å². The minimum atomic E-state index is -0.595. The van der Waals surface area contributed by atoms with Crippen molar-refractivity contribution in [3.63, 3.8) is 0 Å². The number of ether oxygens (including phenoxy) is 1. The van der Waals surface area contributed by atoms with E-state index in [0.29, 0.717) is 23.7 Å². The normalized spacial score (nSPS) is 16.7. The molecular formula is C22H25ClN2O3. The van der Waals surface area contributed by atoms with Crippen molar-refractivity contribution < 1.29 is 14.3 Å². The molecule has 28 heavy (non-hydrogen) atoms. The fourth-order valence-electron chi connectivity index (χ4n) is 3.27. The Bertz CT molecular complexity index is 859. The van der Waals surface area contributed by atoms with Crippen LogP contribution in [-0.4, -0.2) is 35.1 Å². The number of nitrogens with zero attached hydrogens (tertiary/aromatic N) is 1. The van der Waals surface area contributed by atoms with Crippen LogP contribution < -0.4 is 5.32 Å². The fraction of sp³-hybridized carbons (Fsp3) is 0.364. The van der Waals surface area contributed by atoms with E-state index in [4.69, 9.17) is 16.3 Å². The second-order valence-electron chi connectivity index (χ2n) is 7.87. The molecule has 2 aromatic rings. The third-order valence-electron chi connectivity index (χ3n) is 4.52. The van der Waals surface area contributed by atoms with Crippen LogP contribution in [0.25, 0.3) is 11.1 Å². The predicted octanol–water partition coefficient (Wildman–Crippen LogP) is 5.35. The number of amides is 2. The molecule has 3 rings (SSSR count). The van der Waals surface area contributed by atoms with Gasteiger partial charge in [0.15, 0.2) is 0 Å². The summed E-state index contributed by atoms with van der Waals surface area (Å²) in [6.45, 7) is 5.97. The van der Waals surface area contributed by atoms with Crippen molar-refractivity contribution in [3.8, 4) is 11.1 Å². The quantitative estimate of drug-likeness (QED) is 0.755. The number of hydrogen-bond acceptors (Lipinski definition) is 3. The van der Waals surface area contributed by atoms with E-state index in [1.54, 1.807) is 0 Å². The summed E-state index contributed by atoms with van der Waals surface area (Å²) < 4.78 is 5.45. The van der Waals surface area contributed by atoms with Crippen molar-refractivity contribution in [2.24, 2.45) is 0 Å². The van der Waals surface area contributed by atoms with Gasteiger partial charge in [-0.3, -0.25) is 9.69 Å². The summed E-state index contributed by atoms with van der Waals surface area (Å²) in [6, 6.07) is 14.5. The molecule has 6 heteroatoms. The molecule has 1 saturated heterocycles. The number of carbonyl (C=O) groups is 2. The first-order valence-corrected chi connectivity index (χ1v) is 9.78. The standard InChI is InChI=1S/C22H25ClN2O3/c1-22(2,3)28-21(27)25-14-6-9-19(25)20(26)24-18-8-5-4-7-17(18)15-10-12-16(23)13-11-15/h4-5,7-8,10-13,19H,6,9,14H2,1-3H3,(H,24,26)/t19-/m0/s1. The molecule has 1 N–H and O–H groups in total. The molecule has 0 bridgehead atoms. The number of rotatable bonds is 3. The number of benzene rings is 2. The smallest absolute Gasteiger partial charge is 0.410 e. The van der Waals surface area contributed by atoms with Gasteiger partial charge in [-0.25, -0.2) is 4.79 Å². The van der Waals surface area contributed by atoms with Gasteiger partial charge in [-0.2, -0.15) is 0 Å². The number of likely N-dealkylation sites (tertiary alicyclic amines) is 1. The maximum atomic E-state index is 13.0. The summed E-state index contributed by atoms with van der Waals surface area (Å²) in [5.74, 6) is -0.204. The molecule has 1 fully saturated rings. The summed E-state index contributed by atoms with van der Waals surface area (Å²) in [6.07, 6.45) is 0.945. The number of hydrogen-bond donors (Lipinski definition) is 1. The van der Waals surface area contributed by atoms with E-state index >= 15 is 0 Å². The highest BCUT2D eigenvalue weighted by Crippen LogP contribution is 2.30. The highest BCUT2D eigenvalue weighted by molar-refractivity contribution is 6.30. The predicted molar refractivity (Wildman–Crippen MR) is 111 cm³/mol. The van der Waals surface area contributed by atoms with E-state index in [2.05, 4.69) is 5.32 Å². The van der Waals surface area contributed by atoms with Gasteiger partial charge in [0.2, 0.25) is 5.91 Å². The van der Waals surface area contributed by atoms with Crippen molar-refractivity contribution in [1.82, 2.24) is 4.90 Å². The molecule has 1 aliphatic heterocycles. The highest BCUT2D eigenvalue weighted by Gasteiger charge is 2.36. The van der Waals surface area contributed by atoms with Crippen LogP contribution in [0.15, 0.2) is 48.5 Å². The van der Waals surface area contributed by atoms with E-state index in [-0.39, 0.29) is 5.91 Å². The summed E-state index contributed by atoms with van der Waals surface area (Å²) in [4.78, 5) is 26.9. The van der Waals surface area contributed by atoms with Crippen molar-refractivity contribution in [3.05, 3.63) is 53.6 Å². The molecular weight excluding hydrogens is 376 g/mol. The molecule has 0 saturated carbocycles. The third-order valence-corrected chi connectivity index (χ3v) is 4.78. The lowest BCUT2D eigenvalue weighted by molar-refractivity contribution is -0.120. The van der Waals surface area contributed by atoms with Crippen LogP contribution in [0.3, 0.4) is 0 Å². The largest absolute Gasteiger partial charge is 0.444 e. The molecule has 148 valence electrons. The molecule has 0 spiro atoms. The molecule has 2 aromatic carbocycles. The Morgan fingerprint density at radius 3 is 2.46 bits per heavy atom. The Labute approximate surface area is 170 Å². The third kappa shape index (κ3) is 4.84. The zero-order valence-corrected chi connectivity index (χ0v) is 17.1. The van der Waals surface area contributed by atoms with E-state index in [9.17, 15) is 9.59 Å². The summed E-state index contributed by atoms with van der Waals surface area (Å²) in [5, 5.41) is 3.65. The molecule has 0 unspecified atom stereocenters. The Balaban J connectivity index is 1.78. The van der Waals surface area contributed by atoms with Gasteiger partial charge in [-0.1, -0.05) is 41.9 Å². The van der Waals surface area contributed by atoms with Gasteiger partial charge in [0.1, 0.15) is 11.6 Å². The molecule has 0 aromatic heterocycles. The maximum Gasteiger partial charge on any atom is 0.410 e. The number of para-hydroxylation sites is 1. The van der Waals surface area contributed by atoms with Gasteiger partial charge in [-0.05, 0) is 57.4 Å². The van der Waals surface area contributed by atoms with Crippen molar-refractivity contribution in [2.75, 3.05) is 11.9 Å². The molecule has 1 atom stereocenters. The number of halogens is 1. The topological polar surface area (TPSA) is 58.6 Å². The monoisotopic (exact) mass is 400 g/mol. The van der Waals surface area contributed by atoms with Crippen molar-refractivity contribution >= 4 is 29.3 Å².